The maximum atomic E-state index is 12.0. The standard InChI is InChI=1S/C12H10BrCl3O4/c1-12(2,11(18)19)9(17)10(13)20-8-4-6(15)5(14)3-7(8)16/h3-4,10H,1-2H3,(H,18,19). The van der Waals surface area contributed by atoms with E-state index >= 15 is 0 Å². The summed E-state index contributed by atoms with van der Waals surface area (Å²) in [5, 5.41) is 8.43. The van der Waals surface area contributed by atoms with Crippen LogP contribution in [0.2, 0.25) is 15.1 Å². The van der Waals surface area contributed by atoms with Gasteiger partial charge in [0.1, 0.15) is 11.2 Å². The van der Waals surface area contributed by atoms with E-state index in [1.165, 1.54) is 26.0 Å². The third-order valence-corrected chi connectivity index (χ3v) is 4.18. The molecule has 20 heavy (non-hydrogen) atoms. The van der Waals surface area contributed by atoms with E-state index in [1.54, 1.807) is 0 Å². The first-order chi connectivity index (χ1) is 9.07. The molecule has 0 fully saturated rings. The van der Waals surface area contributed by atoms with E-state index < -0.39 is 22.2 Å². The summed E-state index contributed by atoms with van der Waals surface area (Å²) in [5.74, 6) is -1.79. The lowest BCUT2D eigenvalue weighted by molar-refractivity contribution is -0.153. The van der Waals surface area contributed by atoms with Gasteiger partial charge in [0.25, 0.3) is 0 Å². The Kier molecular flexibility index (Phi) is 5.72. The number of aliphatic carboxylic acids is 1. The fourth-order valence-corrected chi connectivity index (χ4v) is 2.50. The van der Waals surface area contributed by atoms with E-state index in [4.69, 9.17) is 44.6 Å². The number of halogens is 4. The van der Waals surface area contributed by atoms with Crippen molar-refractivity contribution in [2.75, 3.05) is 0 Å². The molecule has 1 unspecified atom stereocenters. The molecule has 0 aliphatic carbocycles. The quantitative estimate of drug-likeness (QED) is 0.448. The number of hydrogen-bond donors (Lipinski definition) is 1. The van der Waals surface area contributed by atoms with Crippen LogP contribution in [-0.4, -0.2) is 21.9 Å². The van der Waals surface area contributed by atoms with E-state index in [0.29, 0.717) is 0 Å². The highest BCUT2D eigenvalue weighted by molar-refractivity contribution is 9.09. The molecule has 1 aromatic rings. The smallest absolute Gasteiger partial charge is 0.316 e. The van der Waals surface area contributed by atoms with Gasteiger partial charge in [0, 0.05) is 6.07 Å². The molecule has 0 radical (unpaired) electrons. The van der Waals surface area contributed by atoms with Gasteiger partial charge in [-0.2, -0.15) is 0 Å². The summed E-state index contributed by atoms with van der Waals surface area (Å²) in [6, 6.07) is 2.72. The summed E-state index contributed by atoms with van der Waals surface area (Å²) in [6.07, 6.45) is 0. The van der Waals surface area contributed by atoms with Crippen LogP contribution in [0.15, 0.2) is 12.1 Å². The average Bonchev–Trinajstić information content (AvgIpc) is 2.34. The summed E-state index contributed by atoms with van der Waals surface area (Å²) in [7, 11) is 0. The number of ether oxygens (including phenoxy) is 1. The molecule has 0 bridgehead atoms. The van der Waals surface area contributed by atoms with Crippen molar-refractivity contribution in [2.24, 2.45) is 5.41 Å². The summed E-state index contributed by atoms with van der Waals surface area (Å²) >= 11 is 20.5. The number of Topliss-reactive ketones (excluding diaryl/α,β-unsaturated/α-hetero) is 1. The third kappa shape index (κ3) is 3.79. The predicted molar refractivity (Wildman–Crippen MR) is 81.2 cm³/mol. The summed E-state index contributed by atoms with van der Waals surface area (Å²) < 4.78 is 5.31. The molecule has 0 heterocycles. The van der Waals surface area contributed by atoms with Crippen LogP contribution >= 0.6 is 50.7 Å². The van der Waals surface area contributed by atoms with Crippen LogP contribution in [-0.2, 0) is 9.59 Å². The Balaban J connectivity index is 2.97. The number of ketones is 1. The summed E-state index contributed by atoms with van der Waals surface area (Å²) in [6.45, 7) is 2.57. The first kappa shape index (κ1) is 17.6. The second-order valence-electron chi connectivity index (χ2n) is 4.43. The fraction of sp³-hybridized carbons (Fsp3) is 0.333. The molecule has 0 aliphatic heterocycles. The van der Waals surface area contributed by atoms with E-state index in [-0.39, 0.29) is 20.8 Å². The fourth-order valence-electron chi connectivity index (χ4n) is 1.15. The maximum absolute atomic E-state index is 12.0. The number of alkyl halides is 1. The Morgan fingerprint density at radius 3 is 2.20 bits per heavy atom. The number of benzene rings is 1. The number of rotatable bonds is 5. The molecular weight excluding hydrogens is 394 g/mol. The normalized spacial score (nSPS) is 12.9. The molecule has 0 spiro atoms. The first-order valence-electron chi connectivity index (χ1n) is 5.30. The van der Waals surface area contributed by atoms with Crippen LogP contribution in [0.5, 0.6) is 5.75 Å². The molecule has 0 aromatic heterocycles. The summed E-state index contributed by atoms with van der Waals surface area (Å²) in [4.78, 5) is 23.0. The Morgan fingerprint density at radius 1 is 1.20 bits per heavy atom. The molecule has 1 rings (SSSR count). The maximum Gasteiger partial charge on any atom is 0.316 e. The predicted octanol–water partition coefficient (Wildman–Crippen LogP) is 4.43. The van der Waals surface area contributed by atoms with Crippen LogP contribution in [0, 0.1) is 5.41 Å². The van der Waals surface area contributed by atoms with Crippen LogP contribution < -0.4 is 4.74 Å². The van der Waals surface area contributed by atoms with Gasteiger partial charge >= 0.3 is 5.97 Å². The van der Waals surface area contributed by atoms with Gasteiger partial charge in [-0.25, -0.2) is 0 Å². The van der Waals surface area contributed by atoms with E-state index in [2.05, 4.69) is 15.9 Å². The van der Waals surface area contributed by atoms with Crippen molar-refractivity contribution in [1.82, 2.24) is 0 Å². The monoisotopic (exact) mass is 402 g/mol. The highest BCUT2D eigenvalue weighted by Gasteiger charge is 2.40. The van der Waals surface area contributed by atoms with Gasteiger partial charge < -0.3 is 9.84 Å². The zero-order chi connectivity index (χ0) is 15.7. The number of carboxylic acids is 1. The number of carboxylic acid groups (broad SMARTS) is 1. The van der Waals surface area contributed by atoms with Crippen molar-refractivity contribution in [3.05, 3.63) is 27.2 Å². The van der Waals surface area contributed by atoms with Crippen LogP contribution in [0.3, 0.4) is 0 Å². The molecular formula is C12H10BrCl3O4. The van der Waals surface area contributed by atoms with Gasteiger partial charge in [-0.15, -0.1) is 0 Å². The number of carbonyl (C=O) groups excluding carboxylic acids is 1. The third-order valence-electron chi connectivity index (χ3n) is 2.56. The van der Waals surface area contributed by atoms with Crippen molar-refractivity contribution in [3.8, 4) is 5.75 Å². The minimum atomic E-state index is -1.60. The van der Waals surface area contributed by atoms with E-state index in [1.807, 2.05) is 0 Å². The van der Waals surface area contributed by atoms with Gasteiger partial charge in [0.2, 0.25) is 10.8 Å². The van der Waals surface area contributed by atoms with Gasteiger partial charge in [-0.3, -0.25) is 9.59 Å². The minimum absolute atomic E-state index is 0.123. The van der Waals surface area contributed by atoms with Gasteiger partial charge in [0.15, 0.2) is 0 Å². The minimum Gasteiger partial charge on any atom is -0.481 e. The van der Waals surface area contributed by atoms with Crippen LogP contribution in [0.1, 0.15) is 13.8 Å². The number of carbonyl (C=O) groups is 2. The lowest BCUT2D eigenvalue weighted by Crippen LogP contribution is -2.40. The SMILES string of the molecule is CC(C)(C(=O)O)C(=O)C(Br)Oc1cc(Cl)c(Cl)cc1Cl. The lowest BCUT2D eigenvalue weighted by Gasteiger charge is -2.22. The summed E-state index contributed by atoms with van der Waals surface area (Å²) in [5.41, 5.74) is -1.60. The second kappa shape index (κ2) is 6.52. The van der Waals surface area contributed by atoms with E-state index in [0.717, 1.165) is 0 Å². The Hall–Kier alpha value is -0.490. The Morgan fingerprint density at radius 2 is 1.70 bits per heavy atom. The zero-order valence-corrected chi connectivity index (χ0v) is 14.3. The zero-order valence-electron chi connectivity index (χ0n) is 10.4. The van der Waals surface area contributed by atoms with Crippen LogP contribution in [0.25, 0.3) is 0 Å². The molecule has 110 valence electrons. The molecule has 8 heteroatoms. The van der Waals surface area contributed by atoms with Gasteiger partial charge in [0.05, 0.1) is 15.1 Å². The van der Waals surface area contributed by atoms with Crippen molar-refractivity contribution in [1.29, 1.82) is 0 Å². The van der Waals surface area contributed by atoms with Crippen molar-refractivity contribution >= 4 is 62.5 Å². The molecule has 0 aliphatic rings. The van der Waals surface area contributed by atoms with E-state index in [9.17, 15) is 9.59 Å². The molecule has 0 amide bonds. The van der Waals surface area contributed by atoms with Gasteiger partial charge in [-0.1, -0.05) is 34.8 Å². The van der Waals surface area contributed by atoms with Crippen molar-refractivity contribution in [3.63, 3.8) is 0 Å². The number of hydrogen-bond acceptors (Lipinski definition) is 3. The Labute approximate surface area is 139 Å². The highest BCUT2D eigenvalue weighted by atomic mass is 79.9. The molecule has 4 nitrogen and oxygen atoms in total. The molecule has 0 saturated heterocycles. The van der Waals surface area contributed by atoms with Crippen LogP contribution in [0.4, 0.5) is 0 Å². The Bertz CT molecular complexity index is 560. The molecule has 1 atom stereocenters. The molecule has 1 N–H and O–H groups in total. The average molecular weight is 404 g/mol. The van der Waals surface area contributed by atoms with Gasteiger partial charge in [-0.05, 0) is 35.8 Å². The first-order valence-corrected chi connectivity index (χ1v) is 7.35. The molecule has 0 saturated carbocycles. The largest absolute Gasteiger partial charge is 0.481 e. The highest BCUT2D eigenvalue weighted by Crippen LogP contribution is 2.35. The second-order valence-corrected chi connectivity index (χ2v) is 6.48. The topological polar surface area (TPSA) is 63.6 Å². The van der Waals surface area contributed by atoms with Crippen molar-refractivity contribution < 1.29 is 19.4 Å². The molecule has 1 aromatic carbocycles. The van der Waals surface area contributed by atoms with Crippen molar-refractivity contribution in [2.45, 2.75) is 18.9 Å². The lowest BCUT2D eigenvalue weighted by atomic mass is 9.89.